The molecule has 4 aromatic rings. The maximum atomic E-state index is 13.6. The molecule has 0 unspecified atom stereocenters. The summed E-state index contributed by atoms with van der Waals surface area (Å²) >= 11 is 0. The van der Waals surface area contributed by atoms with Crippen molar-refractivity contribution in [2.24, 2.45) is 0 Å². The smallest absolute Gasteiger partial charge is 0.343 e. The molecule has 1 N–H and O–H groups in total. The van der Waals surface area contributed by atoms with Crippen molar-refractivity contribution in [3.05, 3.63) is 125 Å². The molecule has 0 heterocycles. The SMILES string of the molecule is COC(=O)c1cc(O)c(OC(=O)c2ccccc2)c(OC(=O)c2ccccc2)c1C(=O)c1ccccc1. The molecule has 0 aliphatic rings. The number of ketones is 1. The Kier molecular flexibility index (Phi) is 7.40. The van der Waals surface area contributed by atoms with Crippen molar-refractivity contribution in [1.82, 2.24) is 0 Å². The Morgan fingerprint density at radius 2 is 1.03 bits per heavy atom. The second-order valence-electron chi connectivity index (χ2n) is 7.67. The molecular weight excluding hydrogens is 476 g/mol. The highest BCUT2D eigenvalue weighted by Crippen LogP contribution is 2.44. The molecule has 0 bridgehead atoms. The molecule has 4 aromatic carbocycles. The van der Waals surface area contributed by atoms with E-state index in [1.165, 1.54) is 36.4 Å². The first-order valence-electron chi connectivity index (χ1n) is 11.0. The van der Waals surface area contributed by atoms with E-state index in [2.05, 4.69) is 0 Å². The molecule has 37 heavy (non-hydrogen) atoms. The fraction of sp³-hybridized carbons (Fsp3) is 0.0345. The first-order valence-corrected chi connectivity index (χ1v) is 11.0. The summed E-state index contributed by atoms with van der Waals surface area (Å²) in [7, 11) is 1.09. The highest BCUT2D eigenvalue weighted by atomic mass is 16.6. The van der Waals surface area contributed by atoms with Gasteiger partial charge >= 0.3 is 17.9 Å². The van der Waals surface area contributed by atoms with Crippen LogP contribution in [0.3, 0.4) is 0 Å². The first kappa shape index (κ1) is 24.9. The lowest BCUT2D eigenvalue weighted by atomic mass is 9.96. The average molecular weight is 496 g/mol. The quantitative estimate of drug-likeness (QED) is 0.219. The lowest BCUT2D eigenvalue weighted by Crippen LogP contribution is -2.19. The number of aromatic hydroxyl groups is 1. The fourth-order valence-corrected chi connectivity index (χ4v) is 3.50. The van der Waals surface area contributed by atoms with Crippen LogP contribution >= 0.6 is 0 Å². The number of carbonyl (C=O) groups is 4. The summed E-state index contributed by atoms with van der Waals surface area (Å²) in [5.74, 6) is -5.44. The molecular formula is C29H20O8. The molecule has 0 spiro atoms. The molecule has 0 aliphatic heterocycles. The number of ether oxygens (including phenoxy) is 3. The van der Waals surface area contributed by atoms with Gasteiger partial charge in [0, 0.05) is 5.56 Å². The summed E-state index contributed by atoms with van der Waals surface area (Å²) in [4.78, 5) is 52.1. The molecule has 0 saturated carbocycles. The summed E-state index contributed by atoms with van der Waals surface area (Å²) in [5, 5.41) is 10.8. The van der Waals surface area contributed by atoms with Gasteiger partial charge in [-0.25, -0.2) is 14.4 Å². The number of benzene rings is 4. The molecule has 0 atom stereocenters. The first-order chi connectivity index (χ1) is 17.9. The maximum Gasteiger partial charge on any atom is 0.343 e. The van der Waals surface area contributed by atoms with E-state index in [1.807, 2.05) is 0 Å². The van der Waals surface area contributed by atoms with Gasteiger partial charge < -0.3 is 19.3 Å². The average Bonchev–Trinajstić information content (AvgIpc) is 2.95. The Labute approximate surface area is 211 Å². The number of hydrogen-bond donors (Lipinski definition) is 1. The van der Waals surface area contributed by atoms with E-state index < -0.39 is 46.5 Å². The van der Waals surface area contributed by atoms with E-state index in [1.54, 1.807) is 54.6 Å². The van der Waals surface area contributed by atoms with Gasteiger partial charge in [0.1, 0.15) is 0 Å². The number of carbonyl (C=O) groups excluding carboxylic acids is 4. The Balaban J connectivity index is 1.94. The van der Waals surface area contributed by atoms with Crippen LogP contribution in [0, 0.1) is 0 Å². The molecule has 0 aromatic heterocycles. The number of hydrogen-bond acceptors (Lipinski definition) is 8. The van der Waals surface area contributed by atoms with Gasteiger partial charge in [-0.15, -0.1) is 0 Å². The minimum atomic E-state index is -0.979. The molecule has 8 nitrogen and oxygen atoms in total. The van der Waals surface area contributed by atoms with Crippen molar-refractivity contribution in [2.75, 3.05) is 7.11 Å². The predicted octanol–water partition coefficient (Wildman–Crippen LogP) is 4.85. The van der Waals surface area contributed by atoms with Crippen molar-refractivity contribution in [3.63, 3.8) is 0 Å². The number of esters is 3. The van der Waals surface area contributed by atoms with Gasteiger partial charge in [0.05, 0.1) is 29.4 Å². The van der Waals surface area contributed by atoms with Crippen molar-refractivity contribution in [3.8, 4) is 17.2 Å². The number of phenolic OH excluding ortho intramolecular Hbond substituents is 1. The zero-order chi connectivity index (χ0) is 26.4. The fourth-order valence-electron chi connectivity index (χ4n) is 3.50. The van der Waals surface area contributed by atoms with Crippen LogP contribution in [0.1, 0.15) is 47.0 Å². The van der Waals surface area contributed by atoms with Crippen molar-refractivity contribution in [2.45, 2.75) is 0 Å². The van der Waals surface area contributed by atoms with Crippen LogP contribution in [0.2, 0.25) is 0 Å². The van der Waals surface area contributed by atoms with E-state index in [9.17, 15) is 24.3 Å². The summed E-state index contributed by atoms with van der Waals surface area (Å²) < 4.78 is 15.8. The highest BCUT2D eigenvalue weighted by Gasteiger charge is 2.32. The van der Waals surface area contributed by atoms with Gasteiger partial charge in [0.25, 0.3) is 0 Å². The number of methoxy groups -OCH3 is 1. The molecule has 8 heteroatoms. The Morgan fingerprint density at radius 1 is 0.595 bits per heavy atom. The Morgan fingerprint density at radius 3 is 1.49 bits per heavy atom. The van der Waals surface area contributed by atoms with Crippen LogP contribution in [-0.4, -0.2) is 35.9 Å². The van der Waals surface area contributed by atoms with Crippen LogP contribution in [0.5, 0.6) is 17.2 Å². The van der Waals surface area contributed by atoms with Crippen LogP contribution in [0.15, 0.2) is 97.1 Å². The molecule has 0 saturated heterocycles. The standard InChI is InChI=1S/C29H20O8/c1-35-29(34)21-17-22(30)25(36-27(32)19-13-7-3-8-14-19)26(37-28(33)20-15-9-4-10-16-20)23(21)24(31)18-11-5-2-6-12-18/h2-17,30H,1H3. The van der Waals surface area contributed by atoms with Crippen LogP contribution in [-0.2, 0) is 4.74 Å². The molecule has 0 radical (unpaired) electrons. The number of rotatable bonds is 7. The Hall–Kier alpha value is -5.24. The second kappa shape index (κ2) is 11.0. The van der Waals surface area contributed by atoms with Crippen LogP contribution in [0.25, 0.3) is 0 Å². The molecule has 0 fully saturated rings. The largest absolute Gasteiger partial charge is 0.504 e. The van der Waals surface area contributed by atoms with E-state index in [-0.39, 0.29) is 22.3 Å². The van der Waals surface area contributed by atoms with Crippen LogP contribution < -0.4 is 9.47 Å². The van der Waals surface area contributed by atoms with E-state index >= 15 is 0 Å². The van der Waals surface area contributed by atoms with Gasteiger partial charge in [-0.3, -0.25) is 4.79 Å². The maximum absolute atomic E-state index is 13.6. The van der Waals surface area contributed by atoms with Gasteiger partial charge in [0.2, 0.25) is 5.75 Å². The predicted molar refractivity (Wildman–Crippen MR) is 132 cm³/mol. The number of phenols is 1. The minimum Gasteiger partial charge on any atom is -0.504 e. The highest BCUT2D eigenvalue weighted by molar-refractivity contribution is 6.17. The zero-order valence-electron chi connectivity index (χ0n) is 19.5. The molecule has 4 rings (SSSR count). The van der Waals surface area contributed by atoms with Crippen LogP contribution in [0.4, 0.5) is 0 Å². The summed E-state index contributed by atoms with van der Waals surface area (Å²) in [6.07, 6.45) is 0. The van der Waals surface area contributed by atoms with Crippen molar-refractivity contribution < 1.29 is 38.5 Å². The van der Waals surface area contributed by atoms with Gasteiger partial charge in [0.15, 0.2) is 17.3 Å². The lowest BCUT2D eigenvalue weighted by Gasteiger charge is -2.18. The van der Waals surface area contributed by atoms with E-state index in [4.69, 9.17) is 14.2 Å². The van der Waals surface area contributed by atoms with Gasteiger partial charge in [-0.1, -0.05) is 66.7 Å². The summed E-state index contributed by atoms with van der Waals surface area (Å²) in [6.45, 7) is 0. The van der Waals surface area contributed by atoms with Gasteiger partial charge in [-0.05, 0) is 30.3 Å². The van der Waals surface area contributed by atoms with E-state index in [0.29, 0.717) is 0 Å². The van der Waals surface area contributed by atoms with Crippen molar-refractivity contribution in [1.29, 1.82) is 0 Å². The molecule has 184 valence electrons. The summed E-state index contributed by atoms with van der Waals surface area (Å²) in [5.41, 5.74) is -0.407. The Bertz CT molecular complexity index is 1460. The third-order valence-corrected chi connectivity index (χ3v) is 5.29. The topological polar surface area (TPSA) is 116 Å². The third-order valence-electron chi connectivity index (χ3n) is 5.29. The molecule has 0 aliphatic carbocycles. The normalized spacial score (nSPS) is 10.3. The minimum absolute atomic E-state index is 0.115. The zero-order valence-corrected chi connectivity index (χ0v) is 19.5. The monoisotopic (exact) mass is 496 g/mol. The second-order valence-corrected chi connectivity index (χ2v) is 7.67. The lowest BCUT2D eigenvalue weighted by molar-refractivity contribution is 0.0592. The third kappa shape index (κ3) is 5.38. The van der Waals surface area contributed by atoms with Crippen molar-refractivity contribution >= 4 is 23.7 Å². The van der Waals surface area contributed by atoms with Gasteiger partial charge in [-0.2, -0.15) is 0 Å². The molecule has 0 amide bonds. The summed E-state index contributed by atoms with van der Waals surface area (Å²) in [6, 6.07) is 24.5. The van der Waals surface area contributed by atoms with E-state index in [0.717, 1.165) is 13.2 Å².